The van der Waals surface area contributed by atoms with Gasteiger partial charge in [0.2, 0.25) is 5.91 Å². The molecule has 0 bridgehead atoms. The molecular weight excluding hydrogens is 344 g/mol. The molecule has 0 aliphatic carbocycles. The highest BCUT2D eigenvalue weighted by molar-refractivity contribution is 6.21. The number of anilines is 1. The minimum atomic E-state index is -0.386. The predicted octanol–water partition coefficient (Wildman–Crippen LogP) is 3.33. The van der Waals surface area contributed by atoms with E-state index < -0.39 is 0 Å². The van der Waals surface area contributed by atoms with Gasteiger partial charge in [0, 0.05) is 11.6 Å². The SMILES string of the molecule is CCOc1ccc(N(CN2C(=O)c3ccccc3C2=O)C(=O)C(C)C)cc1. The highest BCUT2D eigenvalue weighted by Gasteiger charge is 2.37. The number of carbonyl (C=O) groups excluding carboxylic acids is 3. The summed E-state index contributed by atoms with van der Waals surface area (Å²) in [6.07, 6.45) is 0. The average molecular weight is 366 g/mol. The number of hydrogen-bond donors (Lipinski definition) is 0. The molecule has 0 unspecified atom stereocenters. The molecule has 1 aliphatic rings. The standard InChI is InChI=1S/C21H22N2O4/c1-4-27-16-11-9-15(10-12-16)22(19(24)14(2)3)13-23-20(25)17-7-5-6-8-18(17)21(23)26/h5-12,14H,4,13H2,1-3H3. The fourth-order valence-electron chi connectivity index (χ4n) is 2.99. The molecule has 0 N–H and O–H groups in total. The van der Waals surface area contributed by atoms with Gasteiger partial charge in [-0.05, 0) is 43.3 Å². The van der Waals surface area contributed by atoms with E-state index in [4.69, 9.17) is 4.74 Å². The molecule has 140 valence electrons. The lowest BCUT2D eigenvalue weighted by Gasteiger charge is -2.28. The molecule has 3 rings (SSSR count). The molecule has 0 spiro atoms. The van der Waals surface area contributed by atoms with Crippen molar-refractivity contribution in [1.29, 1.82) is 0 Å². The van der Waals surface area contributed by atoms with Gasteiger partial charge in [-0.1, -0.05) is 26.0 Å². The molecular formula is C21H22N2O4. The van der Waals surface area contributed by atoms with Crippen molar-refractivity contribution in [2.75, 3.05) is 18.2 Å². The van der Waals surface area contributed by atoms with Gasteiger partial charge in [-0.25, -0.2) is 0 Å². The van der Waals surface area contributed by atoms with Gasteiger partial charge < -0.3 is 4.74 Å². The van der Waals surface area contributed by atoms with E-state index in [0.29, 0.717) is 29.2 Å². The van der Waals surface area contributed by atoms with Gasteiger partial charge in [0.25, 0.3) is 11.8 Å². The molecule has 2 aromatic rings. The summed E-state index contributed by atoms with van der Waals surface area (Å²) in [5.74, 6) is -0.535. The molecule has 6 heteroatoms. The van der Waals surface area contributed by atoms with Crippen LogP contribution in [0.5, 0.6) is 5.75 Å². The van der Waals surface area contributed by atoms with Gasteiger partial charge >= 0.3 is 0 Å². The van der Waals surface area contributed by atoms with Crippen LogP contribution in [0.2, 0.25) is 0 Å². The highest BCUT2D eigenvalue weighted by atomic mass is 16.5. The van der Waals surface area contributed by atoms with E-state index in [1.54, 1.807) is 62.4 Å². The Morgan fingerprint density at radius 3 is 2.04 bits per heavy atom. The first-order chi connectivity index (χ1) is 12.9. The zero-order chi connectivity index (χ0) is 19.6. The van der Waals surface area contributed by atoms with Gasteiger partial charge in [0.15, 0.2) is 0 Å². The second-order valence-corrected chi connectivity index (χ2v) is 6.57. The van der Waals surface area contributed by atoms with Crippen molar-refractivity contribution in [3.63, 3.8) is 0 Å². The first-order valence-electron chi connectivity index (χ1n) is 8.93. The first kappa shape index (κ1) is 18.6. The average Bonchev–Trinajstić information content (AvgIpc) is 2.91. The summed E-state index contributed by atoms with van der Waals surface area (Å²) >= 11 is 0. The maximum absolute atomic E-state index is 12.8. The minimum absolute atomic E-state index is 0.128. The van der Waals surface area contributed by atoms with Crippen molar-refractivity contribution in [2.24, 2.45) is 5.92 Å². The number of rotatable bonds is 6. The van der Waals surface area contributed by atoms with E-state index in [-0.39, 0.29) is 30.3 Å². The molecule has 27 heavy (non-hydrogen) atoms. The summed E-state index contributed by atoms with van der Waals surface area (Å²) < 4.78 is 5.44. The molecule has 1 heterocycles. The molecule has 0 fully saturated rings. The zero-order valence-electron chi connectivity index (χ0n) is 15.6. The summed E-state index contributed by atoms with van der Waals surface area (Å²) in [7, 11) is 0. The Balaban J connectivity index is 1.90. The van der Waals surface area contributed by atoms with Crippen molar-refractivity contribution < 1.29 is 19.1 Å². The first-order valence-corrected chi connectivity index (χ1v) is 8.93. The third-order valence-electron chi connectivity index (χ3n) is 4.38. The number of benzene rings is 2. The van der Waals surface area contributed by atoms with Crippen LogP contribution in [0.15, 0.2) is 48.5 Å². The summed E-state index contributed by atoms with van der Waals surface area (Å²) in [4.78, 5) is 40.7. The lowest BCUT2D eigenvalue weighted by atomic mass is 10.1. The fraction of sp³-hybridized carbons (Fsp3) is 0.286. The number of imide groups is 1. The van der Waals surface area contributed by atoms with E-state index in [2.05, 4.69) is 0 Å². The van der Waals surface area contributed by atoms with Crippen molar-refractivity contribution in [2.45, 2.75) is 20.8 Å². The maximum atomic E-state index is 12.8. The number of amides is 3. The van der Waals surface area contributed by atoms with Crippen molar-refractivity contribution in [3.8, 4) is 5.75 Å². The van der Waals surface area contributed by atoms with Crippen LogP contribution in [0.4, 0.5) is 5.69 Å². The van der Waals surface area contributed by atoms with E-state index in [1.165, 1.54) is 4.90 Å². The van der Waals surface area contributed by atoms with E-state index in [0.717, 1.165) is 4.90 Å². The predicted molar refractivity (Wildman–Crippen MR) is 102 cm³/mol. The Morgan fingerprint density at radius 2 is 1.56 bits per heavy atom. The van der Waals surface area contributed by atoms with E-state index in [1.807, 2.05) is 6.92 Å². The normalized spacial score (nSPS) is 13.1. The minimum Gasteiger partial charge on any atom is -0.494 e. The third kappa shape index (κ3) is 3.56. The van der Waals surface area contributed by atoms with Crippen molar-refractivity contribution in [3.05, 3.63) is 59.7 Å². The van der Waals surface area contributed by atoms with Gasteiger partial charge in [-0.2, -0.15) is 0 Å². The van der Waals surface area contributed by atoms with Gasteiger partial charge in [-0.3, -0.25) is 24.2 Å². The van der Waals surface area contributed by atoms with E-state index in [9.17, 15) is 14.4 Å². The summed E-state index contributed by atoms with van der Waals surface area (Å²) in [6.45, 7) is 5.88. The second kappa shape index (κ2) is 7.61. The zero-order valence-corrected chi connectivity index (χ0v) is 15.6. The monoisotopic (exact) mass is 366 g/mol. The van der Waals surface area contributed by atoms with E-state index >= 15 is 0 Å². The summed E-state index contributed by atoms with van der Waals surface area (Å²) in [5.41, 5.74) is 1.34. The van der Waals surface area contributed by atoms with Crippen LogP contribution in [-0.2, 0) is 4.79 Å². The third-order valence-corrected chi connectivity index (χ3v) is 4.38. The van der Waals surface area contributed by atoms with Gasteiger partial charge in [0.05, 0.1) is 17.7 Å². The maximum Gasteiger partial charge on any atom is 0.263 e. The van der Waals surface area contributed by atoms with Crippen LogP contribution in [0, 0.1) is 5.92 Å². The molecule has 6 nitrogen and oxygen atoms in total. The molecule has 3 amide bonds. The Labute approximate surface area is 158 Å². The van der Waals surface area contributed by atoms with Gasteiger partial charge in [-0.15, -0.1) is 0 Å². The van der Waals surface area contributed by atoms with Crippen LogP contribution in [-0.4, -0.2) is 35.9 Å². The summed E-state index contributed by atoms with van der Waals surface area (Å²) in [6, 6.07) is 13.7. The second-order valence-electron chi connectivity index (χ2n) is 6.57. The van der Waals surface area contributed by atoms with Crippen LogP contribution < -0.4 is 9.64 Å². The van der Waals surface area contributed by atoms with Gasteiger partial charge in [0.1, 0.15) is 12.4 Å². The van der Waals surface area contributed by atoms with Crippen molar-refractivity contribution >= 4 is 23.4 Å². The lowest BCUT2D eigenvalue weighted by molar-refractivity contribution is -0.121. The number of fused-ring (bicyclic) bond motifs is 1. The van der Waals surface area contributed by atoms with Crippen LogP contribution >= 0.6 is 0 Å². The Morgan fingerprint density at radius 1 is 1.00 bits per heavy atom. The number of hydrogen-bond acceptors (Lipinski definition) is 4. The molecule has 0 atom stereocenters. The largest absolute Gasteiger partial charge is 0.494 e. The van der Waals surface area contributed by atoms with Crippen LogP contribution in [0.3, 0.4) is 0 Å². The highest BCUT2D eigenvalue weighted by Crippen LogP contribution is 2.26. The molecule has 2 aromatic carbocycles. The molecule has 0 radical (unpaired) electrons. The Kier molecular flexibility index (Phi) is 5.26. The molecule has 0 saturated heterocycles. The van der Waals surface area contributed by atoms with Crippen LogP contribution in [0.1, 0.15) is 41.5 Å². The smallest absolute Gasteiger partial charge is 0.263 e. The molecule has 0 saturated carbocycles. The lowest BCUT2D eigenvalue weighted by Crippen LogP contribution is -2.45. The quantitative estimate of drug-likeness (QED) is 0.736. The molecule has 0 aromatic heterocycles. The summed E-state index contributed by atoms with van der Waals surface area (Å²) in [5, 5.41) is 0. The van der Waals surface area contributed by atoms with Crippen LogP contribution in [0.25, 0.3) is 0 Å². The Hall–Kier alpha value is -3.15. The Bertz CT molecular complexity index is 839. The van der Waals surface area contributed by atoms with Crippen molar-refractivity contribution in [1.82, 2.24) is 4.90 Å². The molecule has 1 aliphatic heterocycles. The number of ether oxygens (including phenoxy) is 1. The number of carbonyl (C=O) groups is 3. The fourth-order valence-corrected chi connectivity index (χ4v) is 2.99. The topological polar surface area (TPSA) is 66.9 Å². The number of nitrogens with zero attached hydrogens (tertiary/aromatic N) is 2.